The summed E-state index contributed by atoms with van der Waals surface area (Å²) in [4.78, 5) is 43.1. The topological polar surface area (TPSA) is 85.0 Å². The van der Waals surface area contributed by atoms with Crippen LogP contribution < -0.4 is 10.7 Å². The first-order valence-electron chi connectivity index (χ1n) is 12.8. The molecule has 0 spiro atoms. The summed E-state index contributed by atoms with van der Waals surface area (Å²) in [5.41, 5.74) is 3.79. The molecule has 2 aliphatic heterocycles. The van der Waals surface area contributed by atoms with E-state index >= 15 is 0 Å². The van der Waals surface area contributed by atoms with E-state index in [2.05, 4.69) is 10.7 Å². The van der Waals surface area contributed by atoms with Crippen LogP contribution in [-0.4, -0.2) is 57.6 Å². The quantitative estimate of drug-likeness (QED) is 0.616. The molecule has 190 valence electrons. The van der Waals surface area contributed by atoms with Crippen LogP contribution in [0, 0.1) is 11.7 Å². The number of benzene rings is 1. The summed E-state index contributed by atoms with van der Waals surface area (Å²) in [6.07, 6.45) is 8.50. The van der Waals surface area contributed by atoms with Gasteiger partial charge in [-0.1, -0.05) is 49.8 Å². The lowest BCUT2D eigenvalue weighted by molar-refractivity contribution is -0.156. The van der Waals surface area contributed by atoms with Crippen LogP contribution in [0.15, 0.2) is 18.2 Å². The van der Waals surface area contributed by atoms with Crippen LogP contribution in [0.5, 0.6) is 0 Å². The number of hydrogen-bond donors (Lipinski definition) is 2. The van der Waals surface area contributed by atoms with E-state index in [0.29, 0.717) is 5.56 Å². The van der Waals surface area contributed by atoms with E-state index in [9.17, 15) is 18.8 Å². The number of urea groups is 1. The SMILES string of the molecule is O=C(CCN1C(=O)C2CCCCC2N2C(=O)N(Cc3ccc(F)cc3Cl)NC12)NC1CCCCC1. The van der Waals surface area contributed by atoms with Gasteiger partial charge in [0.1, 0.15) is 5.82 Å². The van der Waals surface area contributed by atoms with Crippen molar-refractivity contribution in [1.82, 2.24) is 25.6 Å². The molecule has 2 saturated carbocycles. The number of hydrazine groups is 1. The molecule has 2 N–H and O–H groups in total. The fourth-order valence-corrected chi connectivity index (χ4v) is 6.27. The van der Waals surface area contributed by atoms with Gasteiger partial charge < -0.3 is 10.2 Å². The Balaban J connectivity index is 1.31. The van der Waals surface area contributed by atoms with E-state index in [-0.39, 0.29) is 60.4 Å². The van der Waals surface area contributed by atoms with Gasteiger partial charge >= 0.3 is 6.03 Å². The van der Waals surface area contributed by atoms with Crippen molar-refractivity contribution in [3.05, 3.63) is 34.6 Å². The maximum Gasteiger partial charge on any atom is 0.337 e. The van der Waals surface area contributed by atoms with E-state index in [4.69, 9.17) is 11.6 Å². The first-order valence-corrected chi connectivity index (χ1v) is 13.2. The molecule has 5 rings (SSSR count). The molecule has 4 fully saturated rings. The molecule has 2 heterocycles. The van der Waals surface area contributed by atoms with Crippen LogP contribution in [0.2, 0.25) is 5.02 Å². The van der Waals surface area contributed by atoms with E-state index in [0.717, 1.165) is 51.4 Å². The number of halogens is 2. The number of rotatable bonds is 6. The third-order valence-corrected chi connectivity index (χ3v) is 8.21. The molecular formula is C25H33ClFN5O3. The number of carbonyl (C=O) groups excluding carboxylic acids is 3. The van der Waals surface area contributed by atoms with Crippen molar-refractivity contribution in [1.29, 1.82) is 0 Å². The van der Waals surface area contributed by atoms with Gasteiger partial charge in [0.05, 0.1) is 12.5 Å². The molecule has 0 aromatic heterocycles. The van der Waals surface area contributed by atoms with Crippen LogP contribution in [0.1, 0.15) is 69.8 Å². The van der Waals surface area contributed by atoms with Crippen LogP contribution in [-0.2, 0) is 16.1 Å². The van der Waals surface area contributed by atoms with Gasteiger partial charge in [-0.15, -0.1) is 0 Å². The molecule has 3 atom stereocenters. The Hall–Kier alpha value is -2.39. The summed E-state index contributed by atoms with van der Waals surface area (Å²) in [5, 5.41) is 4.81. The summed E-state index contributed by atoms with van der Waals surface area (Å²) < 4.78 is 13.5. The average molecular weight is 506 g/mol. The second-order valence-electron chi connectivity index (χ2n) is 10.2. The molecule has 0 radical (unpaired) electrons. The Kier molecular flexibility index (Phi) is 7.16. The first kappa shape index (κ1) is 24.3. The molecule has 3 unspecified atom stereocenters. The molecule has 2 aliphatic carbocycles. The van der Waals surface area contributed by atoms with Crippen molar-refractivity contribution in [2.75, 3.05) is 6.54 Å². The van der Waals surface area contributed by atoms with Gasteiger partial charge in [-0.3, -0.25) is 19.5 Å². The minimum Gasteiger partial charge on any atom is -0.353 e. The van der Waals surface area contributed by atoms with Crippen molar-refractivity contribution in [2.24, 2.45) is 5.92 Å². The van der Waals surface area contributed by atoms with Crippen molar-refractivity contribution in [3.63, 3.8) is 0 Å². The van der Waals surface area contributed by atoms with Crippen LogP contribution in [0.3, 0.4) is 0 Å². The standard InChI is InChI=1S/C25H33ClFN5O3/c26-20-14-17(27)11-10-16(20)15-31-25(35)32-21-9-5-4-8-19(21)23(34)30(24(32)29-31)13-12-22(33)28-18-6-2-1-3-7-18/h10-11,14,18-19,21,24,29H,1-9,12-13,15H2,(H,28,33). The monoisotopic (exact) mass is 505 g/mol. The number of nitrogens with one attached hydrogen (secondary N) is 2. The summed E-state index contributed by atoms with van der Waals surface area (Å²) in [6.45, 7) is 0.389. The highest BCUT2D eigenvalue weighted by atomic mass is 35.5. The van der Waals surface area contributed by atoms with Gasteiger partial charge in [0.2, 0.25) is 11.8 Å². The maximum absolute atomic E-state index is 13.5. The smallest absolute Gasteiger partial charge is 0.337 e. The first-order chi connectivity index (χ1) is 16.9. The highest BCUT2D eigenvalue weighted by Crippen LogP contribution is 2.38. The van der Waals surface area contributed by atoms with Gasteiger partial charge in [-0.25, -0.2) is 9.18 Å². The lowest BCUT2D eigenvalue weighted by atomic mass is 9.81. The summed E-state index contributed by atoms with van der Waals surface area (Å²) in [7, 11) is 0. The van der Waals surface area contributed by atoms with Crippen LogP contribution in [0.4, 0.5) is 9.18 Å². The molecule has 4 aliphatic rings. The highest BCUT2D eigenvalue weighted by molar-refractivity contribution is 6.31. The Morgan fingerprint density at radius 2 is 1.83 bits per heavy atom. The molecule has 1 aromatic carbocycles. The van der Waals surface area contributed by atoms with E-state index in [1.807, 2.05) is 0 Å². The molecule has 10 heteroatoms. The molecule has 2 saturated heterocycles. The predicted octanol–water partition coefficient (Wildman–Crippen LogP) is 3.74. The molecule has 8 nitrogen and oxygen atoms in total. The fraction of sp³-hybridized carbons (Fsp3) is 0.640. The van der Waals surface area contributed by atoms with E-state index in [1.165, 1.54) is 23.6 Å². The molecule has 1 aromatic rings. The summed E-state index contributed by atoms with van der Waals surface area (Å²) >= 11 is 6.21. The van der Waals surface area contributed by atoms with Crippen molar-refractivity contribution < 1.29 is 18.8 Å². The second kappa shape index (κ2) is 10.3. The molecule has 4 amide bonds. The van der Waals surface area contributed by atoms with E-state index in [1.54, 1.807) is 15.9 Å². The van der Waals surface area contributed by atoms with E-state index < -0.39 is 12.1 Å². The zero-order valence-corrected chi connectivity index (χ0v) is 20.6. The minimum atomic E-state index is -0.643. The highest BCUT2D eigenvalue weighted by Gasteiger charge is 2.54. The molecule has 0 bridgehead atoms. The number of hydrogen-bond acceptors (Lipinski definition) is 4. The van der Waals surface area contributed by atoms with Crippen molar-refractivity contribution >= 4 is 29.4 Å². The Bertz CT molecular complexity index is 988. The minimum absolute atomic E-state index is 0.00313. The summed E-state index contributed by atoms with van der Waals surface area (Å²) in [5.74, 6) is -0.739. The molecule has 35 heavy (non-hydrogen) atoms. The largest absolute Gasteiger partial charge is 0.353 e. The Labute approximate surface area is 210 Å². The number of amides is 4. The normalized spacial score (nSPS) is 27.1. The number of carbonyl (C=O) groups is 3. The summed E-state index contributed by atoms with van der Waals surface area (Å²) in [6, 6.07) is 3.93. The van der Waals surface area contributed by atoms with Crippen LogP contribution in [0.25, 0.3) is 0 Å². The second-order valence-corrected chi connectivity index (χ2v) is 10.6. The average Bonchev–Trinajstić information content (AvgIpc) is 3.17. The fourth-order valence-electron chi connectivity index (χ4n) is 6.04. The van der Waals surface area contributed by atoms with Crippen LogP contribution >= 0.6 is 11.6 Å². The number of nitrogens with zero attached hydrogens (tertiary/aromatic N) is 3. The molecular weight excluding hydrogens is 473 g/mol. The third kappa shape index (κ3) is 4.98. The van der Waals surface area contributed by atoms with Gasteiger partial charge in [0.15, 0.2) is 6.29 Å². The zero-order valence-electron chi connectivity index (χ0n) is 19.8. The van der Waals surface area contributed by atoms with Gasteiger partial charge in [-0.05, 0) is 43.4 Å². The zero-order chi connectivity index (χ0) is 24.5. The van der Waals surface area contributed by atoms with Gasteiger partial charge in [0, 0.05) is 30.1 Å². The Morgan fingerprint density at radius 3 is 2.60 bits per heavy atom. The van der Waals surface area contributed by atoms with Crippen molar-refractivity contribution in [3.8, 4) is 0 Å². The maximum atomic E-state index is 13.5. The lowest BCUT2D eigenvalue weighted by Gasteiger charge is -2.48. The van der Waals surface area contributed by atoms with Gasteiger partial charge in [0.25, 0.3) is 0 Å². The number of fused-ring (bicyclic) bond motifs is 3. The van der Waals surface area contributed by atoms with Crippen molar-refractivity contribution in [2.45, 2.75) is 89.1 Å². The third-order valence-electron chi connectivity index (χ3n) is 7.86. The predicted molar refractivity (Wildman–Crippen MR) is 128 cm³/mol. The Morgan fingerprint density at radius 1 is 1.09 bits per heavy atom. The van der Waals surface area contributed by atoms with Gasteiger partial charge in [-0.2, -0.15) is 5.43 Å². The lowest BCUT2D eigenvalue weighted by Crippen LogP contribution is -2.66.